The summed E-state index contributed by atoms with van der Waals surface area (Å²) in [6, 6.07) is 4.90. The normalized spacial score (nSPS) is 11.6. The largest absolute Gasteiger partial charge is 0.494 e. The third kappa shape index (κ3) is 3.43. The van der Waals surface area contributed by atoms with Gasteiger partial charge in [-0.3, -0.25) is 0 Å². The van der Waals surface area contributed by atoms with Crippen LogP contribution in [0.15, 0.2) is 18.2 Å². The lowest BCUT2D eigenvalue weighted by Gasteiger charge is -2.31. The molecule has 102 valence electrons. The molecule has 0 amide bonds. The van der Waals surface area contributed by atoms with E-state index in [2.05, 4.69) is 5.32 Å². The van der Waals surface area contributed by atoms with Crippen LogP contribution in [0.5, 0.6) is 5.75 Å². The molecular formula is C14H22FNO2. The number of halogens is 1. The molecule has 4 heteroatoms. The second kappa shape index (κ2) is 6.71. The number of aliphatic hydroxyl groups excluding tert-OH is 1. The molecule has 0 aliphatic carbocycles. The van der Waals surface area contributed by atoms with Crippen molar-refractivity contribution in [2.45, 2.75) is 38.8 Å². The summed E-state index contributed by atoms with van der Waals surface area (Å²) in [6.45, 7) is 4.67. The third-order valence-electron chi connectivity index (χ3n) is 3.54. The molecule has 1 aromatic rings. The van der Waals surface area contributed by atoms with Crippen molar-refractivity contribution < 1.29 is 14.2 Å². The van der Waals surface area contributed by atoms with Crippen molar-refractivity contribution >= 4 is 0 Å². The van der Waals surface area contributed by atoms with Crippen molar-refractivity contribution in [2.24, 2.45) is 0 Å². The summed E-state index contributed by atoms with van der Waals surface area (Å²) < 4.78 is 18.4. The summed E-state index contributed by atoms with van der Waals surface area (Å²) in [5.41, 5.74) is 0.559. The second-order valence-electron chi connectivity index (χ2n) is 4.47. The molecule has 0 unspecified atom stereocenters. The summed E-state index contributed by atoms with van der Waals surface area (Å²) >= 11 is 0. The lowest BCUT2D eigenvalue weighted by Crippen LogP contribution is -2.47. The van der Waals surface area contributed by atoms with Crippen molar-refractivity contribution in [1.82, 2.24) is 5.32 Å². The Morgan fingerprint density at radius 1 is 1.33 bits per heavy atom. The Morgan fingerprint density at radius 3 is 2.44 bits per heavy atom. The van der Waals surface area contributed by atoms with E-state index >= 15 is 0 Å². The predicted octanol–water partition coefficient (Wildman–Crippen LogP) is 2.48. The molecular weight excluding hydrogens is 233 g/mol. The van der Waals surface area contributed by atoms with Crippen molar-refractivity contribution in [3.05, 3.63) is 29.6 Å². The van der Waals surface area contributed by atoms with Gasteiger partial charge in [-0.1, -0.05) is 19.9 Å². The third-order valence-corrected chi connectivity index (χ3v) is 3.54. The number of rotatable bonds is 7. The highest BCUT2D eigenvalue weighted by Gasteiger charge is 2.24. The summed E-state index contributed by atoms with van der Waals surface area (Å²) in [5, 5.41) is 12.7. The van der Waals surface area contributed by atoms with Crippen LogP contribution in [0.4, 0.5) is 4.39 Å². The summed E-state index contributed by atoms with van der Waals surface area (Å²) in [4.78, 5) is 0. The Kier molecular flexibility index (Phi) is 5.56. The number of benzene rings is 1. The van der Waals surface area contributed by atoms with Crippen LogP contribution in [0, 0.1) is 5.82 Å². The fraction of sp³-hybridized carbons (Fsp3) is 0.571. The van der Waals surface area contributed by atoms with Crippen LogP contribution in [-0.2, 0) is 6.54 Å². The predicted molar refractivity (Wildman–Crippen MR) is 70.2 cm³/mol. The Bertz CT molecular complexity index is 370. The molecule has 0 atom stereocenters. The van der Waals surface area contributed by atoms with E-state index in [1.54, 1.807) is 6.07 Å². The maximum Gasteiger partial charge on any atom is 0.165 e. The zero-order valence-electron chi connectivity index (χ0n) is 11.3. The standard InChI is InChI=1S/C14H22FNO2/c1-4-14(5-2,10-17)16-9-11-6-7-13(18-3)12(15)8-11/h6-8,16-17H,4-5,9-10H2,1-3H3. The lowest BCUT2D eigenvalue weighted by molar-refractivity contribution is 0.149. The fourth-order valence-electron chi connectivity index (χ4n) is 1.89. The fourth-order valence-corrected chi connectivity index (χ4v) is 1.89. The number of hydrogen-bond acceptors (Lipinski definition) is 3. The average molecular weight is 255 g/mol. The number of aliphatic hydroxyl groups is 1. The minimum absolute atomic E-state index is 0.0820. The molecule has 0 radical (unpaired) electrons. The monoisotopic (exact) mass is 255 g/mol. The van der Waals surface area contributed by atoms with Crippen molar-refractivity contribution in [1.29, 1.82) is 0 Å². The quantitative estimate of drug-likeness (QED) is 0.786. The maximum absolute atomic E-state index is 13.5. The van der Waals surface area contributed by atoms with Gasteiger partial charge in [-0.05, 0) is 30.5 Å². The van der Waals surface area contributed by atoms with Gasteiger partial charge in [-0.15, -0.1) is 0 Å². The molecule has 3 nitrogen and oxygen atoms in total. The van der Waals surface area contributed by atoms with Crippen molar-refractivity contribution in [3.63, 3.8) is 0 Å². The topological polar surface area (TPSA) is 41.5 Å². The molecule has 0 aliphatic rings. The molecule has 18 heavy (non-hydrogen) atoms. The van der Waals surface area contributed by atoms with E-state index in [9.17, 15) is 9.50 Å². The van der Waals surface area contributed by atoms with Gasteiger partial charge in [0.25, 0.3) is 0 Å². The molecule has 2 N–H and O–H groups in total. The minimum Gasteiger partial charge on any atom is -0.494 e. The van der Waals surface area contributed by atoms with Crippen LogP contribution in [0.25, 0.3) is 0 Å². The SMILES string of the molecule is CCC(CC)(CO)NCc1ccc(OC)c(F)c1. The van der Waals surface area contributed by atoms with Crippen LogP contribution in [-0.4, -0.2) is 24.4 Å². The van der Waals surface area contributed by atoms with Gasteiger partial charge in [0.2, 0.25) is 0 Å². The first-order valence-electron chi connectivity index (χ1n) is 6.29. The first-order valence-corrected chi connectivity index (χ1v) is 6.29. The van der Waals surface area contributed by atoms with Crippen LogP contribution < -0.4 is 10.1 Å². The van der Waals surface area contributed by atoms with E-state index in [1.165, 1.54) is 13.2 Å². The van der Waals surface area contributed by atoms with E-state index in [0.29, 0.717) is 6.54 Å². The Balaban J connectivity index is 2.71. The van der Waals surface area contributed by atoms with Crippen LogP contribution in [0.1, 0.15) is 32.3 Å². The van der Waals surface area contributed by atoms with Crippen molar-refractivity contribution in [2.75, 3.05) is 13.7 Å². The van der Waals surface area contributed by atoms with Gasteiger partial charge in [-0.2, -0.15) is 0 Å². The van der Waals surface area contributed by atoms with Gasteiger partial charge < -0.3 is 15.2 Å². The van der Waals surface area contributed by atoms with Crippen molar-refractivity contribution in [3.8, 4) is 5.75 Å². The van der Waals surface area contributed by atoms with E-state index in [0.717, 1.165) is 18.4 Å². The van der Waals surface area contributed by atoms with Gasteiger partial charge in [0.1, 0.15) is 0 Å². The Labute approximate surface area is 108 Å². The molecule has 0 heterocycles. The van der Waals surface area contributed by atoms with E-state index in [-0.39, 0.29) is 23.7 Å². The molecule has 0 bridgehead atoms. The lowest BCUT2D eigenvalue weighted by atomic mass is 9.93. The van der Waals surface area contributed by atoms with Gasteiger partial charge in [0, 0.05) is 12.1 Å². The molecule has 1 rings (SSSR count). The van der Waals surface area contributed by atoms with Gasteiger partial charge in [0.05, 0.1) is 13.7 Å². The number of ether oxygens (including phenoxy) is 1. The summed E-state index contributed by atoms with van der Waals surface area (Å²) in [5.74, 6) is -0.113. The molecule has 0 fully saturated rings. The Morgan fingerprint density at radius 2 is 2.00 bits per heavy atom. The highest BCUT2D eigenvalue weighted by Crippen LogP contribution is 2.19. The smallest absolute Gasteiger partial charge is 0.165 e. The summed E-state index contributed by atoms with van der Waals surface area (Å²) in [7, 11) is 1.45. The molecule has 0 spiro atoms. The number of hydrogen-bond donors (Lipinski definition) is 2. The maximum atomic E-state index is 13.5. The van der Waals surface area contributed by atoms with Gasteiger partial charge in [0.15, 0.2) is 11.6 Å². The zero-order valence-corrected chi connectivity index (χ0v) is 11.3. The van der Waals surface area contributed by atoms with Crippen LogP contribution >= 0.6 is 0 Å². The minimum atomic E-state index is -0.362. The van der Waals surface area contributed by atoms with Gasteiger partial charge >= 0.3 is 0 Å². The van der Waals surface area contributed by atoms with E-state index in [1.807, 2.05) is 19.9 Å². The highest BCUT2D eigenvalue weighted by molar-refractivity contribution is 5.29. The number of methoxy groups -OCH3 is 1. The van der Waals surface area contributed by atoms with Crippen LogP contribution in [0.2, 0.25) is 0 Å². The summed E-state index contributed by atoms with van der Waals surface area (Å²) in [6.07, 6.45) is 1.66. The molecule has 1 aromatic carbocycles. The highest BCUT2D eigenvalue weighted by atomic mass is 19.1. The van der Waals surface area contributed by atoms with Gasteiger partial charge in [-0.25, -0.2) is 4.39 Å². The zero-order chi connectivity index (χ0) is 13.6. The molecule has 0 saturated carbocycles. The second-order valence-corrected chi connectivity index (χ2v) is 4.47. The first-order chi connectivity index (χ1) is 8.60. The number of nitrogens with one attached hydrogen (secondary N) is 1. The average Bonchev–Trinajstić information content (AvgIpc) is 2.41. The Hall–Kier alpha value is -1.13. The first kappa shape index (κ1) is 14.9. The van der Waals surface area contributed by atoms with Crippen LogP contribution in [0.3, 0.4) is 0 Å². The molecule has 0 saturated heterocycles. The molecule has 0 aromatic heterocycles. The van der Waals surface area contributed by atoms with E-state index < -0.39 is 0 Å². The van der Waals surface area contributed by atoms with E-state index in [4.69, 9.17) is 4.74 Å². The molecule has 0 aliphatic heterocycles.